The normalized spacial score (nSPS) is 10.7. The lowest BCUT2D eigenvalue weighted by atomic mass is 10.1. The number of ether oxygens (including phenoxy) is 1. The third-order valence-electron chi connectivity index (χ3n) is 2.06. The monoisotopic (exact) mass is 217 g/mol. The largest absolute Gasteiger partial charge is 0.508 e. The first kappa shape index (κ1) is 11.8. The van der Waals surface area contributed by atoms with Crippen LogP contribution in [0.4, 0.5) is 0 Å². The van der Waals surface area contributed by atoms with Crippen LogP contribution < -0.4 is 0 Å². The second kappa shape index (κ2) is 4.99. The van der Waals surface area contributed by atoms with Gasteiger partial charge in [0.2, 0.25) is 0 Å². The molecule has 1 aromatic rings. The molecule has 0 amide bonds. The Morgan fingerprint density at radius 1 is 1.56 bits per heavy atom. The molecule has 0 saturated carbocycles. The lowest BCUT2D eigenvalue weighted by Gasteiger charge is -2.00. The molecule has 0 heterocycles. The summed E-state index contributed by atoms with van der Waals surface area (Å²) in [5, 5.41) is 18.1. The summed E-state index contributed by atoms with van der Waals surface area (Å²) < 4.78 is 4.45. The van der Waals surface area contributed by atoms with Gasteiger partial charge in [-0.3, -0.25) is 0 Å². The smallest absolute Gasteiger partial charge is 0.348 e. The maximum absolute atomic E-state index is 11.1. The number of nitriles is 1. The first-order chi connectivity index (χ1) is 7.58. The zero-order chi connectivity index (χ0) is 12.1. The highest BCUT2D eigenvalue weighted by molar-refractivity contribution is 5.97. The van der Waals surface area contributed by atoms with Crippen molar-refractivity contribution in [2.45, 2.75) is 6.92 Å². The molecule has 0 radical (unpaired) electrons. The number of hydrogen-bond acceptors (Lipinski definition) is 4. The summed E-state index contributed by atoms with van der Waals surface area (Å²) in [5.41, 5.74) is 1.26. The van der Waals surface area contributed by atoms with Gasteiger partial charge in [-0.1, -0.05) is 6.07 Å². The molecule has 0 aliphatic carbocycles. The molecular weight excluding hydrogens is 206 g/mol. The van der Waals surface area contributed by atoms with E-state index in [1.807, 2.05) is 0 Å². The average Bonchev–Trinajstić information content (AvgIpc) is 2.29. The van der Waals surface area contributed by atoms with Crippen LogP contribution >= 0.6 is 0 Å². The maximum atomic E-state index is 11.1. The van der Waals surface area contributed by atoms with E-state index in [2.05, 4.69) is 4.74 Å². The molecule has 0 aromatic heterocycles. The summed E-state index contributed by atoms with van der Waals surface area (Å²) in [4.78, 5) is 11.1. The maximum Gasteiger partial charge on any atom is 0.348 e. The van der Waals surface area contributed by atoms with Gasteiger partial charge >= 0.3 is 5.97 Å². The Hall–Kier alpha value is -2.28. The van der Waals surface area contributed by atoms with Crippen LogP contribution in [0.2, 0.25) is 0 Å². The number of carbonyl (C=O) groups is 1. The van der Waals surface area contributed by atoms with E-state index in [0.717, 1.165) is 0 Å². The Morgan fingerprint density at radius 2 is 2.25 bits per heavy atom. The van der Waals surface area contributed by atoms with Gasteiger partial charge in [-0.2, -0.15) is 5.26 Å². The average molecular weight is 217 g/mol. The molecule has 0 aliphatic heterocycles. The topological polar surface area (TPSA) is 70.3 Å². The fourth-order valence-corrected chi connectivity index (χ4v) is 1.18. The van der Waals surface area contributed by atoms with Crippen molar-refractivity contribution >= 4 is 12.0 Å². The number of carbonyl (C=O) groups excluding carboxylic acids is 1. The van der Waals surface area contributed by atoms with Crippen molar-refractivity contribution in [1.82, 2.24) is 0 Å². The lowest BCUT2D eigenvalue weighted by molar-refractivity contribution is -0.135. The van der Waals surface area contributed by atoms with Gasteiger partial charge < -0.3 is 9.84 Å². The van der Waals surface area contributed by atoms with E-state index in [1.54, 1.807) is 25.1 Å². The molecule has 0 atom stereocenters. The predicted molar refractivity (Wildman–Crippen MR) is 58.4 cm³/mol. The van der Waals surface area contributed by atoms with Crippen molar-refractivity contribution in [3.8, 4) is 11.8 Å². The predicted octanol–water partition coefficient (Wildman–Crippen LogP) is 1.78. The van der Waals surface area contributed by atoms with Gasteiger partial charge in [-0.25, -0.2) is 4.79 Å². The molecule has 0 unspecified atom stereocenters. The van der Waals surface area contributed by atoms with E-state index >= 15 is 0 Å². The molecule has 1 rings (SSSR count). The van der Waals surface area contributed by atoms with Crippen LogP contribution in [0.25, 0.3) is 6.08 Å². The van der Waals surface area contributed by atoms with Gasteiger partial charge in [0.25, 0.3) is 0 Å². The third kappa shape index (κ3) is 2.61. The standard InChI is InChI=1S/C12H11NO3/c1-8-5-9(3-4-11(8)14)6-10(7-13)12(15)16-2/h3-6,14H,1-2H3/b10-6+. The van der Waals surface area contributed by atoms with Crippen molar-refractivity contribution < 1.29 is 14.6 Å². The van der Waals surface area contributed by atoms with Gasteiger partial charge in [-0.15, -0.1) is 0 Å². The molecule has 16 heavy (non-hydrogen) atoms. The molecule has 0 bridgehead atoms. The summed E-state index contributed by atoms with van der Waals surface area (Å²) in [7, 11) is 1.22. The Balaban J connectivity index is 3.10. The van der Waals surface area contributed by atoms with Crippen molar-refractivity contribution in [3.05, 3.63) is 34.9 Å². The second-order valence-corrected chi connectivity index (χ2v) is 3.21. The molecule has 0 spiro atoms. The van der Waals surface area contributed by atoms with Crippen LogP contribution in [0.1, 0.15) is 11.1 Å². The van der Waals surface area contributed by atoms with Crippen LogP contribution in [-0.2, 0) is 9.53 Å². The number of phenols is 1. The SMILES string of the molecule is COC(=O)/C(C#N)=C/c1ccc(O)c(C)c1. The highest BCUT2D eigenvalue weighted by Gasteiger charge is 2.08. The molecular formula is C12H11NO3. The van der Waals surface area contributed by atoms with Crippen LogP contribution in [0.5, 0.6) is 5.75 Å². The van der Waals surface area contributed by atoms with E-state index in [9.17, 15) is 9.90 Å². The van der Waals surface area contributed by atoms with Crippen LogP contribution in [0.15, 0.2) is 23.8 Å². The summed E-state index contributed by atoms with van der Waals surface area (Å²) in [6.07, 6.45) is 1.41. The number of aromatic hydroxyl groups is 1. The number of methoxy groups -OCH3 is 1. The summed E-state index contributed by atoms with van der Waals surface area (Å²) in [6, 6.07) is 6.56. The van der Waals surface area contributed by atoms with Gasteiger partial charge in [0.1, 0.15) is 17.4 Å². The number of phenolic OH excluding ortho intramolecular Hbond substituents is 1. The van der Waals surface area contributed by atoms with Crippen molar-refractivity contribution in [3.63, 3.8) is 0 Å². The summed E-state index contributed by atoms with van der Waals surface area (Å²) in [6.45, 7) is 1.73. The quantitative estimate of drug-likeness (QED) is 0.465. The molecule has 0 fully saturated rings. The minimum Gasteiger partial charge on any atom is -0.508 e. The molecule has 1 N–H and O–H groups in total. The number of benzene rings is 1. The molecule has 82 valence electrons. The zero-order valence-electron chi connectivity index (χ0n) is 9.02. The Kier molecular flexibility index (Phi) is 3.67. The third-order valence-corrected chi connectivity index (χ3v) is 2.06. The van der Waals surface area contributed by atoms with E-state index in [1.165, 1.54) is 19.3 Å². The number of nitrogens with zero attached hydrogens (tertiary/aromatic N) is 1. The van der Waals surface area contributed by atoms with Crippen molar-refractivity contribution in [2.75, 3.05) is 7.11 Å². The first-order valence-electron chi connectivity index (χ1n) is 4.58. The highest BCUT2D eigenvalue weighted by atomic mass is 16.5. The molecule has 0 saturated heterocycles. The minimum absolute atomic E-state index is 0.0763. The summed E-state index contributed by atoms with van der Waals surface area (Å²) >= 11 is 0. The Labute approximate surface area is 93.4 Å². The van der Waals surface area contributed by atoms with E-state index in [-0.39, 0.29) is 11.3 Å². The molecule has 4 heteroatoms. The van der Waals surface area contributed by atoms with Gasteiger partial charge in [-0.05, 0) is 36.3 Å². The Bertz CT molecular complexity index is 484. The number of hydrogen-bond donors (Lipinski definition) is 1. The molecule has 4 nitrogen and oxygen atoms in total. The van der Waals surface area contributed by atoms with Gasteiger partial charge in [0.05, 0.1) is 7.11 Å². The zero-order valence-corrected chi connectivity index (χ0v) is 9.02. The van der Waals surface area contributed by atoms with Crippen molar-refractivity contribution in [2.24, 2.45) is 0 Å². The number of aryl methyl sites for hydroxylation is 1. The van der Waals surface area contributed by atoms with E-state index in [4.69, 9.17) is 5.26 Å². The Morgan fingerprint density at radius 3 is 2.75 bits per heavy atom. The second-order valence-electron chi connectivity index (χ2n) is 3.21. The van der Waals surface area contributed by atoms with Crippen LogP contribution in [0.3, 0.4) is 0 Å². The fraction of sp³-hybridized carbons (Fsp3) is 0.167. The lowest BCUT2D eigenvalue weighted by Crippen LogP contribution is -2.02. The summed E-state index contributed by atoms with van der Waals surface area (Å²) in [5.74, 6) is -0.498. The van der Waals surface area contributed by atoms with Gasteiger partial charge in [0, 0.05) is 0 Å². The van der Waals surface area contributed by atoms with E-state index in [0.29, 0.717) is 11.1 Å². The first-order valence-corrected chi connectivity index (χ1v) is 4.58. The van der Waals surface area contributed by atoms with E-state index < -0.39 is 5.97 Å². The molecule has 1 aromatic carbocycles. The van der Waals surface area contributed by atoms with Crippen LogP contribution in [-0.4, -0.2) is 18.2 Å². The number of rotatable bonds is 2. The van der Waals surface area contributed by atoms with Gasteiger partial charge in [0.15, 0.2) is 0 Å². The minimum atomic E-state index is -0.673. The molecule has 0 aliphatic rings. The fourth-order valence-electron chi connectivity index (χ4n) is 1.18. The van der Waals surface area contributed by atoms with Crippen LogP contribution in [0, 0.1) is 18.3 Å². The number of esters is 1. The van der Waals surface area contributed by atoms with Crippen molar-refractivity contribution in [1.29, 1.82) is 5.26 Å². The highest BCUT2D eigenvalue weighted by Crippen LogP contribution is 2.18.